The van der Waals surface area contributed by atoms with Crippen LogP contribution in [0.1, 0.15) is 5.56 Å². The lowest BCUT2D eigenvalue weighted by Gasteiger charge is -2.06. The van der Waals surface area contributed by atoms with Gasteiger partial charge in [0.05, 0.1) is 0 Å². The third-order valence-electron chi connectivity index (χ3n) is 2.08. The lowest BCUT2D eigenvalue weighted by atomic mass is 10.2. The van der Waals surface area contributed by atoms with Crippen molar-refractivity contribution in [3.05, 3.63) is 64.9 Å². The van der Waals surface area contributed by atoms with Gasteiger partial charge in [0.1, 0.15) is 6.61 Å². The van der Waals surface area contributed by atoms with Crippen LogP contribution in [0.5, 0.6) is 5.75 Å². The fraction of sp³-hybridized carbons (Fsp3) is 0.0769. The maximum atomic E-state index is 13.2. The Hall–Kier alpha value is -1.54. The molecular weight excluding hydrogens is 227 g/mol. The largest absolute Gasteiger partial charge is 0.486 e. The summed E-state index contributed by atoms with van der Waals surface area (Å²) in [5, 5.41) is 0.669. The van der Waals surface area contributed by atoms with Gasteiger partial charge in [-0.2, -0.15) is 0 Å². The molecule has 0 unspecified atom stereocenters. The number of halogens is 2. The highest BCUT2D eigenvalue weighted by Crippen LogP contribution is 2.17. The minimum Gasteiger partial charge on any atom is -0.486 e. The van der Waals surface area contributed by atoms with Gasteiger partial charge in [0.2, 0.25) is 0 Å². The average Bonchev–Trinajstić information content (AvgIpc) is 2.30. The van der Waals surface area contributed by atoms with E-state index in [9.17, 15) is 4.39 Å². The Morgan fingerprint density at radius 3 is 2.62 bits per heavy atom. The van der Waals surface area contributed by atoms with Crippen LogP contribution in [0.15, 0.2) is 42.5 Å². The first-order valence-corrected chi connectivity index (χ1v) is 5.17. The zero-order valence-electron chi connectivity index (χ0n) is 8.41. The quantitative estimate of drug-likeness (QED) is 0.785. The van der Waals surface area contributed by atoms with Crippen molar-refractivity contribution in [2.45, 2.75) is 6.61 Å². The van der Waals surface area contributed by atoms with E-state index in [1.165, 1.54) is 6.07 Å². The molecule has 0 amide bonds. The van der Waals surface area contributed by atoms with E-state index in [4.69, 9.17) is 16.3 Å². The van der Waals surface area contributed by atoms with Crippen LogP contribution in [0.2, 0.25) is 5.02 Å². The van der Waals surface area contributed by atoms with Crippen LogP contribution in [-0.4, -0.2) is 0 Å². The van der Waals surface area contributed by atoms with Gasteiger partial charge in [-0.05, 0) is 23.8 Å². The Kier molecular flexibility index (Phi) is 3.42. The summed E-state index contributed by atoms with van der Waals surface area (Å²) >= 11 is 5.75. The first-order valence-electron chi connectivity index (χ1n) is 4.79. The van der Waals surface area contributed by atoms with Gasteiger partial charge >= 0.3 is 0 Å². The van der Waals surface area contributed by atoms with Gasteiger partial charge in [-0.25, -0.2) is 4.39 Å². The smallest absolute Gasteiger partial charge is 0.172 e. The number of ether oxygens (including phenoxy) is 1. The van der Waals surface area contributed by atoms with E-state index in [1.807, 2.05) is 12.1 Å². The summed E-state index contributed by atoms with van der Waals surface area (Å²) in [6, 6.07) is 14.4. The van der Waals surface area contributed by atoms with Crippen LogP contribution in [0.3, 0.4) is 0 Å². The van der Waals surface area contributed by atoms with Gasteiger partial charge in [0.25, 0.3) is 0 Å². The maximum Gasteiger partial charge on any atom is 0.172 e. The Bertz CT molecular complexity index is 468. The molecule has 2 aromatic carbocycles. The average molecular weight is 236 g/mol. The molecule has 2 rings (SSSR count). The third kappa shape index (κ3) is 2.74. The number of hydrogen-bond acceptors (Lipinski definition) is 1. The van der Waals surface area contributed by atoms with Gasteiger partial charge < -0.3 is 4.74 Å². The predicted octanol–water partition coefficient (Wildman–Crippen LogP) is 3.86. The van der Waals surface area contributed by atoms with Crippen molar-refractivity contribution in [3.63, 3.8) is 0 Å². The fourth-order valence-corrected chi connectivity index (χ4v) is 1.38. The lowest BCUT2D eigenvalue weighted by molar-refractivity contribution is 0.290. The van der Waals surface area contributed by atoms with Crippen molar-refractivity contribution in [1.82, 2.24) is 0 Å². The Morgan fingerprint density at radius 2 is 1.94 bits per heavy atom. The zero-order valence-corrected chi connectivity index (χ0v) is 9.17. The van der Waals surface area contributed by atoms with Crippen LogP contribution in [0.4, 0.5) is 4.39 Å². The summed E-state index contributed by atoms with van der Waals surface area (Å²) in [4.78, 5) is 0. The molecule has 0 heterocycles. The summed E-state index contributed by atoms with van der Waals surface area (Å²) in [5.41, 5.74) is 0.938. The summed E-state index contributed by atoms with van der Waals surface area (Å²) < 4.78 is 18.5. The second-order valence-corrected chi connectivity index (χ2v) is 3.70. The zero-order chi connectivity index (χ0) is 11.4. The second kappa shape index (κ2) is 4.99. The van der Waals surface area contributed by atoms with Crippen molar-refractivity contribution in [1.29, 1.82) is 0 Å². The van der Waals surface area contributed by atoms with Crippen molar-refractivity contribution < 1.29 is 9.13 Å². The highest BCUT2D eigenvalue weighted by molar-refractivity contribution is 6.30. The maximum absolute atomic E-state index is 13.2. The van der Waals surface area contributed by atoms with E-state index < -0.39 is 5.82 Å². The van der Waals surface area contributed by atoms with E-state index in [1.54, 1.807) is 24.3 Å². The summed E-state index contributed by atoms with van der Waals surface area (Å²) in [5.74, 6) is -0.270. The van der Waals surface area contributed by atoms with Crippen molar-refractivity contribution >= 4 is 11.6 Å². The highest BCUT2D eigenvalue weighted by Gasteiger charge is 2.01. The van der Waals surface area contributed by atoms with E-state index in [2.05, 4.69) is 6.07 Å². The molecule has 0 spiro atoms. The molecule has 16 heavy (non-hydrogen) atoms. The molecule has 1 radical (unpaired) electrons. The minimum atomic E-state index is -0.475. The van der Waals surface area contributed by atoms with E-state index >= 15 is 0 Å². The number of rotatable bonds is 3. The summed E-state index contributed by atoms with van der Waals surface area (Å²) in [6.07, 6.45) is 0. The molecule has 2 aromatic rings. The van der Waals surface area contributed by atoms with Gasteiger partial charge in [-0.1, -0.05) is 35.9 Å². The molecule has 81 valence electrons. The topological polar surface area (TPSA) is 9.23 Å². The number of benzene rings is 2. The molecule has 0 aliphatic rings. The van der Waals surface area contributed by atoms with Crippen LogP contribution in [0, 0.1) is 11.9 Å². The van der Waals surface area contributed by atoms with Crippen LogP contribution >= 0.6 is 11.6 Å². The molecule has 0 atom stereocenters. The molecule has 0 N–H and O–H groups in total. The molecule has 0 saturated heterocycles. The first-order chi connectivity index (χ1) is 7.75. The van der Waals surface area contributed by atoms with Crippen LogP contribution < -0.4 is 4.74 Å². The van der Waals surface area contributed by atoms with Gasteiger partial charge in [0.15, 0.2) is 11.6 Å². The minimum absolute atomic E-state index is 0.206. The van der Waals surface area contributed by atoms with E-state index in [-0.39, 0.29) is 5.75 Å². The van der Waals surface area contributed by atoms with Gasteiger partial charge in [0, 0.05) is 11.1 Å². The van der Waals surface area contributed by atoms with Crippen LogP contribution in [-0.2, 0) is 6.61 Å². The van der Waals surface area contributed by atoms with Crippen molar-refractivity contribution in [2.24, 2.45) is 0 Å². The Balaban J connectivity index is 2.02. The molecule has 0 aliphatic carbocycles. The first kappa shape index (κ1) is 11.0. The number of hydrogen-bond donors (Lipinski definition) is 0. The van der Waals surface area contributed by atoms with Crippen LogP contribution in [0.25, 0.3) is 0 Å². The van der Waals surface area contributed by atoms with Crippen molar-refractivity contribution in [3.8, 4) is 5.75 Å². The SMILES string of the molecule is Fc1[c]cccc1OCc1ccc(Cl)cc1. The van der Waals surface area contributed by atoms with E-state index in [0.717, 1.165) is 5.56 Å². The second-order valence-electron chi connectivity index (χ2n) is 3.26. The highest BCUT2D eigenvalue weighted by atomic mass is 35.5. The third-order valence-corrected chi connectivity index (χ3v) is 2.33. The molecule has 0 fully saturated rings. The molecule has 0 aromatic heterocycles. The lowest BCUT2D eigenvalue weighted by Crippen LogP contribution is -1.96. The molecule has 1 nitrogen and oxygen atoms in total. The van der Waals surface area contributed by atoms with E-state index in [0.29, 0.717) is 11.6 Å². The standard InChI is InChI=1S/C13H9ClFO/c14-11-7-5-10(6-8-11)9-16-13-4-2-1-3-12(13)15/h1-2,4-8H,9H2. The molecule has 0 aliphatic heterocycles. The van der Waals surface area contributed by atoms with Gasteiger partial charge in [-0.3, -0.25) is 0 Å². The molecular formula is C13H9ClFO. The van der Waals surface area contributed by atoms with Gasteiger partial charge in [-0.15, -0.1) is 0 Å². The Morgan fingerprint density at radius 1 is 1.19 bits per heavy atom. The Labute approximate surface area is 98.4 Å². The molecule has 0 bridgehead atoms. The molecule has 3 heteroatoms. The fourth-order valence-electron chi connectivity index (χ4n) is 1.25. The normalized spacial score (nSPS) is 10.1. The van der Waals surface area contributed by atoms with Crippen molar-refractivity contribution in [2.75, 3.05) is 0 Å². The summed E-state index contributed by atoms with van der Waals surface area (Å²) in [7, 11) is 0. The monoisotopic (exact) mass is 235 g/mol. The predicted molar refractivity (Wildman–Crippen MR) is 61.0 cm³/mol. The molecule has 0 saturated carbocycles. The summed E-state index contributed by atoms with van der Waals surface area (Å²) in [6.45, 7) is 0.311.